The van der Waals surface area contributed by atoms with Gasteiger partial charge in [-0.25, -0.2) is 18.6 Å². The van der Waals surface area contributed by atoms with Gasteiger partial charge in [0.15, 0.2) is 11.5 Å². The molecule has 4 heterocycles. The molecule has 0 saturated carbocycles. The van der Waals surface area contributed by atoms with Crippen LogP contribution in [0.4, 0.5) is 25.0 Å². The summed E-state index contributed by atoms with van der Waals surface area (Å²) in [6, 6.07) is 4.37. The minimum Gasteiger partial charge on any atom is -0.444 e. The molecule has 0 spiro atoms. The van der Waals surface area contributed by atoms with Gasteiger partial charge in [0.1, 0.15) is 11.4 Å². The summed E-state index contributed by atoms with van der Waals surface area (Å²) in [6.07, 6.45) is 2.79. The molecule has 0 unspecified atom stereocenters. The van der Waals surface area contributed by atoms with Crippen molar-refractivity contribution < 1.29 is 23.1 Å². The van der Waals surface area contributed by atoms with Crippen LogP contribution in [-0.2, 0) is 4.74 Å². The third-order valence-corrected chi connectivity index (χ3v) is 6.36. The van der Waals surface area contributed by atoms with E-state index in [9.17, 15) is 14.0 Å². The Morgan fingerprint density at radius 3 is 2.42 bits per heavy atom. The molecule has 38 heavy (non-hydrogen) atoms. The molecule has 3 aromatic heterocycles. The Morgan fingerprint density at radius 1 is 1.03 bits per heavy atom. The first-order valence-corrected chi connectivity index (χ1v) is 12.4. The number of aryl methyl sites for hydroxylation is 2. The Bertz CT molecular complexity index is 1560. The molecule has 0 radical (unpaired) electrons. The number of aromatic nitrogens is 3. The number of amides is 2. The maximum atomic E-state index is 15.5. The van der Waals surface area contributed by atoms with Crippen molar-refractivity contribution >= 4 is 39.9 Å². The number of pyridine rings is 1. The number of aromatic amines is 1. The number of nitrogens with zero attached hydrogens (tertiary/aromatic N) is 4. The average molecular weight is 525 g/mol. The molecule has 9 nitrogen and oxygen atoms in total. The molecule has 1 aliphatic rings. The third-order valence-electron chi connectivity index (χ3n) is 6.36. The molecule has 200 valence electrons. The van der Waals surface area contributed by atoms with Crippen molar-refractivity contribution in [2.45, 2.75) is 40.2 Å². The summed E-state index contributed by atoms with van der Waals surface area (Å²) < 4.78 is 37.0. The van der Waals surface area contributed by atoms with Crippen molar-refractivity contribution in [3.63, 3.8) is 0 Å². The minimum absolute atomic E-state index is 0.144. The smallest absolute Gasteiger partial charge is 0.410 e. The highest BCUT2D eigenvalue weighted by atomic mass is 19.1. The molecular weight excluding hydrogens is 494 g/mol. The predicted molar refractivity (Wildman–Crippen MR) is 141 cm³/mol. The van der Waals surface area contributed by atoms with Gasteiger partial charge in [-0.15, -0.1) is 0 Å². The first-order chi connectivity index (χ1) is 17.9. The van der Waals surface area contributed by atoms with E-state index in [1.165, 1.54) is 16.7 Å². The van der Waals surface area contributed by atoms with E-state index in [1.54, 1.807) is 18.0 Å². The van der Waals surface area contributed by atoms with Crippen LogP contribution in [-0.4, -0.2) is 63.0 Å². The van der Waals surface area contributed by atoms with E-state index in [4.69, 9.17) is 4.74 Å². The zero-order valence-corrected chi connectivity index (χ0v) is 22.0. The molecule has 11 heteroatoms. The lowest BCUT2D eigenvalue weighted by atomic mass is 10.1. The SMILES string of the molecule is Cc1cn2cc(NC(=O)c3c(F)cc(N4CCN(C(=O)OC(C)(C)C)CC4)c4cc(C)[nH]c34)cc(F)c2n1. The molecule has 0 atom stereocenters. The van der Waals surface area contributed by atoms with Gasteiger partial charge in [-0.2, -0.15) is 0 Å². The second-order valence-corrected chi connectivity index (χ2v) is 10.6. The van der Waals surface area contributed by atoms with Crippen LogP contribution in [0, 0.1) is 25.5 Å². The molecule has 1 aliphatic heterocycles. The van der Waals surface area contributed by atoms with E-state index in [0.29, 0.717) is 48.5 Å². The van der Waals surface area contributed by atoms with Gasteiger partial charge in [0.05, 0.1) is 22.5 Å². The molecule has 0 aliphatic carbocycles. The summed E-state index contributed by atoms with van der Waals surface area (Å²) in [5.41, 5.74) is 1.94. The lowest BCUT2D eigenvalue weighted by Crippen LogP contribution is -2.50. The zero-order chi connectivity index (χ0) is 27.4. The zero-order valence-electron chi connectivity index (χ0n) is 22.0. The highest BCUT2D eigenvalue weighted by Gasteiger charge is 2.28. The first kappa shape index (κ1) is 25.5. The second kappa shape index (κ2) is 9.30. The van der Waals surface area contributed by atoms with Crippen molar-refractivity contribution in [2.75, 3.05) is 36.4 Å². The number of carbonyl (C=O) groups excluding carboxylic acids is 2. The minimum atomic E-state index is -0.707. The number of piperazine rings is 1. The van der Waals surface area contributed by atoms with Gasteiger partial charge in [0, 0.05) is 61.4 Å². The van der Waals surface area contributed by atoms with Crippen LogP contribution in [0.3, 0.4) is 0 Å². The van der Waals surface area contributed by atoms with E-state index in [2.05, 4.69) is 15.3 Å². The van der Waals surface area contributed by atoms with Gasteiger partial charge in [0.2, 0.25) is 0 Å². The quantitative estimate of drug-likeness (QED) is 0.393. The molecule has 2 amide bonds. The van der Waals surface area contributed by atoms with Crippen LogP contribution in [0.15, 0.2) is 30.6 Å². The Kier molecular flexibility index (Phi) is 6.24. The molecule has 1 aromatic carbocycles. The van der Waals surface area contributed by atoms with Gasteiger partial charge in [0.25, 0.3) is 5.91 Å². The van der Waals surface area contributed by atoms with E-state index >= 15 is 4.39 Å². The van der Waals surface area contributed by atoms with Crippen LogP contribution < -0.4 is 10.2 Å². The standard InChI is InChI=1S/C27H30F2N6O3/c1-15-10-18-21(33-6-8-34(9-7-33)26(37)38-27(3,4)5)12-19(28)22(23(18)30-15)25(36)32-17-11-20(29)24-31-16(2)13-35(24)14-17/h10-14,30H,6-9H2,1-5H3,(H,32,36). The fourth-order valence-corrected chi connectivity index (χ4v) is 4.76. The summed E-state index contributed by atoms with van der Waals surface area (Å²) in [5.74, 6) is -2.01. The van der Waals surface area contributed by atoms with E-state index in [1.807, 2.05) is 38.7 Å². The Hall–Kier alpha value is -4.15. The van der Waals surface area contributed by atoms with Crippen LogP contribution >= 0.6 is 0 Å². The monoisotopic (exact) mass is 524 g/mol. The van der Waals surface area contributed by atoms with E-state index in [0.717, 1.165) is 11.8 Å². The van der Waals surface area contributed by atoms with Gasteiger partial charge in [-0.1, -0.05) is 0 Å². The van der Waals surface area contributed by atoms with Crippen LogP contribution in [0.1, 0.15) is 42.5 Å². The number of fused-ring (bicyclic) bond motifs is 2. The molecule has 2 N–H and O–H groups in total. The maximum absolute atomic E-state index is 15.5. The number of H-pyrrole nitrogens is 1. The summed E-state index contributed by atoms with van der Waals surface area (Å²) in [7, 11) is 0. The molecule has 5 rings (SSSR count). The van der Waals surface area contributed by atoms with Crippen LogP contribution in [0.25, 0.3) is 16.6 Å². The number of halogens is 2. The van der Waals surface area contributed by atoms with Crippen molar-refractivity contribution in [3.8, 4) is 0 Å². The number of carbonyl (C=O) groups is 2. The lowest BCUT2D eigenvalue weighted by molar-refractivity contribution is 0.0240. The largest absolute Gasteiger partial charge is 0.444 e. The number of ether oxygens (including phenoxy) is 1. The third kappa shape index (κ3) is 4.88. The van der Waals surface area contributed by atoms with Crippen molar-refractivity contribution in [2.24, 2.45) is 0 Å². The summed E-state index contributed by atoms with van der Waals surface area (Å²) >= 11 is 0. The lowest BCUT2D eigenvalue weighted by Gasteiger charge is -2.37. The second-order valence-electron chi connectivity index (χ2n) is 10.6. The fourth-order valence-electron chi connectivity index (χ4n) is 4.76. The van der Waals surface area contributed by atoms with Gasteiger partial charge < -0.3 is 29.2 Å². The van der Waals surface area contributed by atoms with E-state index in [-0.39, 0.29) is 23.0 Å². The van der Waals surface area contributed by atoms with Gasteiger partial charge in [-0.05, 0) is 46.8 Å². The molecule has 1 fully saturated rings. The Morgan fingerprint density at radius 2 is 1.74 bits per heavy atom. The molecular formula is C27H30F2N6O3. The number of rotatable bonds is 3. The number of hydrogen-bond donors (Lipinski definition) is 2. The number of imidazole rings is 1. The van der Waals surface area contributed by atoms with Crippen molar-refractivity contribution in [1.29, 1.82) is 0 Å². The average Bonchev–Trinajstić information content (AvgIpc) is 3.39. The van der Waals surface area contributed by atoms with Crippen molar-refractivity contribution in [1.82, 2.24) is 19.3 Å². The van der Waals surface area contributed by atoms with Gasteiger partial charge in [-0.3, -0.25) is 4.79 Å². The summed E-state index contributed by atoms with van der Waals surface area (Å²) in [4.78, 5) is 36.5. The number of benzene rings is 1. The first-order valence-electron chi connectivity index (χ1n) is 12.4. The number of nitrogens with one attached hydrogen (secondary N) is 2. The Labute approximate surface area is 218 Å². The molecule has 1 saturated heterocycles. The Balaban J connectivity index is 1.41. The van der Waals surface area contributed by atoms with E-state index < -0.39 is 23.1 Å². The highest BCUT2D eigenvalue weighted by molar-refractivity contribution is 6.14. The normalized spacial score (nSPS) is 14.4. The maximum Gasteiger partial charge on any atom is 0.410 e. The number of hydrogen-bond acceptors (Lipinski definition) is 5. The van der Waals surface area contributed by atoms with Crippen molar-refractivity contribution in [3.05, 3.63) is 59.2 Å². The van der Waals surface area contributed by atoms with Crippen LogP contribution in [0.2, 0.25) is 0 Å². The molecule has 4 aromatic rings. The predicted octanol–water partition coefficient (Wildman–Crippen LogP) is 5.02. The molecule has 0 bridgehead atoms. The highest BCUT2D eigenvalue weighted by Crippen LogP contribution is 2.34. The summed E-state index contributed by atoms with van der Waals surface area (Å²) in [5, 5.41) is 3.31. The topological polar surface area (TPSA) is 95.0 Å². The van der Waals surface area contributed by atoms with Crippen LogP contribution in [0.5, 0.6) is 0 Å². The number of anilines is 2. The van der Waals surface area contributed by atoms with Gasteiger partial charge >= 0.3 is 6.09 Å². The fraction of sp³-hybridized carbons (Fsp3) is 0.370. The summed E-state index contributed by atoms with van der Waals surface area (Å²) in [6.45, 7) is 10.8.